The maximum atomic E-state index is 4.18. The Morgan fingerprint density at radius 1 is 0.414 bits per heavy atom. The van der Waals surface area contributed by atoms with Gasteiger partial charge < -0.3 is 38.3 Å². The fraction of sp³-hybridized carbons (Fsp3) is 0. The quantitative estimate of drug-likeness (QED) is 0.332. The predicted octanol–water partition coefficient (Wildman–Crippen LogP) is -0.0125. The normalized spacial score (nSPS) is 6.90. The molecule has 4 aromatic rings. The maximum Gasteiger partial charge on any atom is 0.0701 e. The van der Waals surface area contributed by atoms with Crippen LogP contribution in [0, 0.1) is 0 Å². The van der Waals surface area contributed by atoms with E-state index in [1.807, 2.05) is 60.9 Å². The Hall–Kier alpha value is -1.96. The van der Waals surface area contributed by atoms with Crippen molar-refractivity contribution in [1.29, 1.82) is 0 Å². The second-order valence-corrected chi connectivity index (χ2v) is 4.39. The summed E-state index contributed by atoms with van der Waals surface area (Å²) in [5.41, 5.74) is 2.12. The van der Waals surface area contributed by atoms with E-state index in [1.54, 1.807) is 0 Å². The molecule has 0 bridgehead atoms. The predicted molar refractivity (Wildman–Crippen MR) is 105 cm³/mol. The second kappa shape index (κ2) is 24.1. The zero-order valence-corrected chi connectivity index (χ0v) is 17.7. The Labute approximate surface area is 189 Å². The summed E-state index contributed by atoms with van der Waals surface area (Å²) in [7, 11) is 0. The van der Waals surface area contributed by atoms with Gasteiger partial charge in [-0.2, -0.15) is 0 Å². The van der Waals surface area contributed by atoms with Crippen molar-refractivity contribution in [3.63, 3.8) is 0 Å². The standard InChI is InChI=1S/2C9H7N.2Cr.7H2O/c2*1-2-6-9-8(4-1)5-3-7-10-9;;;;;;;;;/h2*1-7H;;;7*1H2/p-2. The SMILES string of the molecule is O.O.O.O.O.[Cr].[Cr].[OH-].[OH-].c1ccc2ncccc2c1.c1ccc2ncccc2c1. The van der Waals surface area contributed by atoms with Crippen molar-refractivity contribution in [2.75, 3.05) is 0 Å². The summed E-state index contributed by atoms with van der Waals surface area (Å²) < 4.78 is 0. The summed E-state index contributed by atoms with van der Waals surface area (Å²) in [6.45, 7) is 0. The van der Waals surface area contributed by atoms with Crippen LogP contribution in [-0.4, -0.2) is 48.3 Å². The first-order chi connectivity index (χ1) is 9.93. The number of para-hydroxylation sites is 2. The number of aromatic nitrogens is 2. The van der Waals surface area contributed by atoms with E-state index < -0.39 is 0 Å². The van der Waals surface area contributed by atoms with Gasteiger partial charge in [0.05, 0.1) is 11.0 Å². The van der Waals surface area contributed by atoms with E-state index in [4.69, 9.17) is 0 Å². The van der Waals surface area contributed by atoms with Crippen LogP contribution in [0.4, 0.5) is 0 Å². The van der Waals surface area contributed by atoms with Crippen molar-refractivity contribution in [3.8, 4) is 0 Å². The third-order valence-electron chi connectivity index (χ3n) is 3.02. The number of rotatable bonds is 0. The molecule has 11 heteroatoms. The summed E-state index contributed by atoms with van der Waals surface area (Å²) >= 11 is 0. The number of hydrogen-bond acceptors (Lipinski definition) is 4. The Morgan fingerprint density at radius 2 is 0.690 bits per heavy atom. The molecule has 12 N–H and O–H groups in total. The second-order valence-electron chi connectivity index (χ2n) is 4.39. The van der Waals surface area contributed by atoms with Crippen LogP contribution in [0.2, 0.25) is 0 Å². The Morgan fingerprint density at radius 3 is 1.00 bits per heavy atom. The van der Waals surface area contributed by atoms with E-state index in [0.717, 1.165) is 11.0 Å². The number of benzene rings is 2. The first kappa shape index (κ1) is 45.7. The van der Waals surface area contributed by atoms with Gasteiger partial charge in [0.25, 0.3) is 0 Å². The molecule has 0 aliphatic heterocycles. The van der Waals surface area contributed by atoms with Gasteiger partial charge in [-0.05, 0) is 24.3 Å². The summed E-state index contributed by atoms with van der Waals surface area (Å²) in [5, 5.41) is 2.40. The van der Waals surface area contributed by atoms with Crippen molar-refractivity contribution in [2.24, 2.45) is 0 Å². The average Bonchev–Trinajstić information content (AvgIpc) is 2.56. The van der Waals surface area contributed by atoms with Crippen LogP contribution in [0.3, 0.4) is 0 Å². The molecule has 2 heterocycles. The molecule has 0 amide bonds. The molecule has 4 rings (SSSR count). The maximum absolute atomic E-state index is 4.18. The Balaban J connectivity index is -0.0000000509. The summed E-state index contributed by atoms with van der Waals surface area (Å²) in [4.78, 5) is 8.36. The number of hydrogen-bond donors (Lipinski definition) is 0. The summed E-state index contributed by atoms with van der Waals surface area (Å²) in [5.74, 6) is 0. The topological polar surface area (TPSA) is 243 Å². The van der Waals surface area contributed by atoms with Gasteiger partial charge in [-0.25, -0.2) is 0 Å². The van der Waals surface area contributed by atoms with Crippen LogP contribution in [0.15, 0.2) is 85.2 Å². The average molecular weight is 486 g/mol. The Bertz CT molecular complexity index is 655. The fourth-order valence-corrected chi connectivity index (χ4v) is 2.03. The molecule has 0 radical (unpaired) electrons. The molecular weight excluding hydrogens is 460 g/mol. The molecule has 0 saturated carbocycles. The minimum atomic E-state index is 0. The van der Waals surface area contributed by atoms with E-state index in [2.05, 4.69) is 34.2 Å². The molecule has 2 aromatic carbocycles. The zero-order chi connectivity index (χ0) is 13.6. The largest absolute Gasteiger partial charge is 0.870 e. The van der Waals surface area contributed by atoms with Crippen LogP contribution >= 0.6 is 0 Å². The van der Waals surface area contributed by atoms with Gasteiger partial charge in [-0.1, -0.05) is 48.5 Å². The van der Waals surface area contributed by atoms with E-state index >= 15 is 0 Å². The first-order valence-electron chi connectivity index (χ1n) is 6.53. The molecule has 0 saturated heterocycles. The molecule has 0 unspecified atom stereocenters. The molecule has 0 aliphatic carbocycles. The summed E-state index contributed by atoms with van der Waals surface area (Å²) in [6, 6.07) is 24.2. The molecule has 0 fully saturated rings. The third kappa shape index (κ3) is 13.0. The van der Waals surface area contributed by atoms with Crippen molar-refractivity contribution < 1.29 is 73.1 Å². The molecular formula is C18H26Cr2N2O7-2. The van der Waals surface area contributed by atoms with Gasteiger partial charge in [0.1, 0.15) is 0 Å². The summed E-state index contributed by atoms with van der Waals surface area (Å²) in [6.07, 6.45) is 3.62. The zero-order valence-electron chi connectivity index (χ0n) is 15.2. The molecule has 29 heavy (non-hydrogen) atoms. The number of pyridine rings is 2. The molecule has 0 spiro atoms. The van der Waals surface area contributed by atoms with Crippen molar-refractivity contribution in [1.82, 2.24) is 9.97 Å². The Kier molecular flexibility index (Phi) is 37.9. The van der Waals surface area contributed by atoms with Crippen LogP contribution in [0.1, 0.15) is 0 Å². The van der Waals surface area contributed by atoms with Gasteiger partial charge in [0, 0.05) is 57.9 Å². The van der Waals surface area contributed by atoms with Crippen LogP contribution in [-0.2, 0) is 34.7 Å². The monoisotopic (exact) mass is 486 g/mol. The van der Waals surface area contributed by atoms with E-state index in [1.165, 1.54) is 10.8 Å². The van der Waals surface area contributed by atoms with Crippen molar-refractivity contribution >= 4 is 21.8 Å². The molecule has 0 atom stereocenters. The van der Waals surface area contributed by atoms with E-state index in [-0.39, 0.29) is 73.1 Å². The smallest absolute Gasteiger partial charge is 0.0701 e. The minimum Gasteiger partial charge on any atom is -0.870 e. The number of fused-ring (bicyclic) bond motifs is 2. The van der Waals surface area contributed by atoms with Crippen LogP contribution < -0.4 is 0 Å². The first-order valence-corrected chi connectivity index (χ1v) is 6.53. The number of nitrogens with zero attached hydrogens (tertiary/aromatic N) is 2. The third-order valence-corrected chi connectivity index (χ3v) is 3.02. The molecule has 0 aliphatic rings. The van der Waals surface area contributed by atoms with Gasteiger partial charge in [-0.15, -0.1) is 0 Å². The van der Waals surface area contributed by atoms with E-state index in [0.29, 0.717) is 0 Å². The van der Waals surface area contributed by atoms with Crippen LogP contribution in [0.25, 0.3) is 21.8 Å². The molecule has 164 valence electrons. The van der Waals surface area contributed by atoms with Crippen molar-refractivity contribution in [2.45, 2.75) is 0 Å². The van der Waals surface area contributed by atoms with E-state index in [9.17, 15) is 0 Å². The van der Waals surface area contributed by atoms with Crippen LogP contribution in [0.5, 0.6) is 0 Å². The minimum absolute atomic E-state index is 0. The molecule has 2 aromatic heterocycles. The fourth-order valence-electron chi connectivity index (χ4n) is 2.03. The van der Waals surface area contributed by atoms with Gasteiger partial charge in [-0.3, -0.25) is 9.97 Å². The van der Waals surface area contributed by atoms with Crippen molar-refractivity contribution in [3.05, 3.63) is 85.2 Å². The molecule has 9 nitrogen and oxygen atoms in total. The van der Waals surface area contributed by atoms with Gasteiger partial charge >= 0.3 is 0 Å². The van der Waals surface area contributed by atoms with Gasteiger partial charge in [0.2, 0.25) is 0 Å². The van der Waals surface area contributed by atoms with Gasteiger partial charge in [0.15, 0.2) is 0 Å².